The van der Waals surface area contributed by atoms with Crippen molar-refractivity contribution in [2.75, 3.05) is 4.90 Å². The van der Waals surface area contributed by atoms with Gasteiger partial charge in [-0.3, -0.25) is 10.1 Å². The van der Waals surface area contributed by atoms with Crippen molar-refractivity contribution in [3.05, 3.63) is 178 Å². The van der Waals surface area contributed by atoms with E-state index < -0.39 is 0 Å². The maximum Gasteiger partial charge on any atom is 0.278 e. The summed E-state index contributed by atoms with van der Waals surface area (Å²) in [6.07, 6.45) is 0. The van der Waals surface area contributed by atoms with Crippen LogP contribution in [0.2, 0.25) is 5.02 Å². The number of nitro benzene ring substituents is 1. The molecule has 232 valence electrons. The first-order chi connectivity index (χ1) is 23.3. The van der Waals surface area contributed by atoms with Crippen molar-refractivity contribution in [1.82, 2.24) is 0 Å². The fourth-order valence-corrected chi connectivity index (χ4v) is 7.47. The average Bonchev–Trinajstić information content (AvgIpc) is 3.34. The number of nitro groups is 1. The molecule has 48 heavy (non-hydrogen) atoms. The summed E-state index contributed by atoms with van der Waals surface area (Å²) in [6.45, 7) is 4.61. The van der Waals surface area contributed by atoms with Gasteiger partial charge in [-0.05, 0) is 104 Å². The minimum atomic E-state index is -0.367. The van der Waals surface area contributed by atoms with Gasteiger partial charge in [0.05, 0.1) is 10.5 Å². The van der Waals surface area contributed by atoms with Crippen molar-refractivity contribution in [2.45, 2.75) is 19.3 Å². The smallest absolute Gasteiger partial charge is 0.278 e. The van der Waals surface area contributed by atoms with Crippen LogP contribution in [0, 0.1) is 10.1 Å². The van der Waals surface area contributed by atoms with E-state index in [0.717, 1.165) is 44.5 Å². The molecule has 8 rings (SSSR count). The highest BCUT2D eigenvalue weighted by molar-refractivity contribution is 6.31. The Morgan fingerprint density at radius 1 is 0.542 bits per heavy atom. The molecule has 0 unspecified atom stereocenters. The normalized spacial score (nSPS) is 12.8. The van der Waals surface area contributed by atoms with Gasteiger partial charge in [-0.1, -0.05) is 116 Å². The number of hydrogen-bond donors (Lipinski definition) is 0. The van der Waals surface area contributed by atoms with Gasteiger partial charge in [0.2, 0.25) is 0 Å². The van der Waals surface area contributed by atoms with Crippen molar-refractivity contribution < 1.29 is 4.92 Å². The lowest BCUT2D eigenvalue weighted by atomic mass is 9.81. The van der Waals surface area contributed by atoms with E-state index in [2.05, 4.69) is 116 Å². The topological polar surface area (TPSA) is 46.4 Å². The van der Waals surface area contributed by atoms with Crippen LogP contribution in [0.5, 0.6) is 0 Å². The lowest BCUT2D eigenvalue weighted by Gasteiger charge is -2.28. The number of benzene rings is 7. The number of anilines is 3. The first-order valence-electron chi connectivity index (χ1n) is 16.0. The SMILES string of the molecule is CC1(C)c2cc(-c3ccc(-c4ccc(Cl)cc4[N+](=O)[O-])c4ccccc34)ccc2-c2ccc(N(c3ccccc3)c3ccccc3)cc21. The van der Waals surface area contributed by atoms with E-state index in [4.69, 9.17) is 11.6 Å². The molecule has 1 aliphatic carbocycles. The molecule has 4 nitrogen and oxygen atoms in total. The molecule has 0 heterocycles. The third kappa shape index (κ3) is 4.85. The summed E-state index contributed by atoms with van der Waals surface area (Å²) < 4.78 is 0. The molecule has 7 aromatic rings. The van der Waals surface area contributed by atoms with Gasteiger partial charge in [0.25, 0.3) is 5.69 Å². The molecule has 0 N–H and O–H groups in total. The molecule has 0 spiro atoms. The van der Waals surface area contributed by atoms with E-state index in [1.54, 1.807) is 12.1 Å². The summed E-state index contributed by atoms with van der Waals surface area (Å²) in [4.78, 5) is 13.9. The molecule has 5 heteroatoms. The van der Waals surface area contributed by atoms with Crippen LogP contribution in [0.25, 0.3) is 44.2 Å². The summed E-state index contributed by atoms with van der Waals surface area (Å²) in [6, 6.07) is 51.7. The Labute approximate surface area is 284 Å². The zero-order chi connectivity index (χ0) is 33.0. The number of rotatable bonds is 6. The van der Waals surface area contributed by atoms with Crippen LogP contribution in [0.4, 0.5) is 22.7 Å². The zero-order valence-electron chi connectivity index (χ0n) is 26.5. The molecular weight excluding hydrogens is 612 g/mol. The minimum absolute atomic E-state index is 0.00471. The largest absolute Gasteiger partial charge is 0.310 e. The molecule has 0 aromatic heterocycles. The van der Waals surface area contributed by atoms with Crippen LogP contribution in [-0.2, 0) is 5.41 Å². The molecule has 0 fully saturated rings. The van der Waals surface area contributed by atoms with Crippen molar-refractivity contribution in [3.63, 3.8) is 0 Å². The Kier molecular flexibility index (Phi) is 7.12. The molecule has 1 aliphatic rings. The summed E-state index contributed by atoms with van der Waals surface area (Å²) >= 11 is 6.15. The Hall–Kier alpha value is -5.71. The third-order valence-corrected chi connectivity index (χ3v) is 9.86. The van der Waals surface area contributed by atoms with Crippen LogP contribution >= 0.6 is 11.6 Å². The Balaban J connectivity index is 1.23. The predicted octanol–water partition coefficient (Wildman–Crippen LogP) is 12.5. The molecule has 0 radical (unpaired) electrons. The van der Waals surface area contributed by atoms with Gasteiger partial charge in [0.15, 0.2) is 0 Å². The Morgan fingerprint density at radius 3 is 1.71 bits per heavy atom. The van der Waals surface area contributed by atoms with E-state index >= 15 is 0 Å². The molecule has 0 amide bonds. The monoisotopic (exact) mass is 642 g/mol. The highest BCUT2D eigenvalue weighted by atomic mass is 35.5. The van der Waals surface area contributed by atoms with Gasteiger partial charge >= 0.3 is 0 Å². The van der Waals surface area contributed by atoms with Gasteiger partial charge < -0.3 is 4.90 Å². The highest BCUT2D eigenvalue weighted by Crippen LogP contribution is 2.52. The number of hydrogen-bond acceptors (Lipinski definition) is 3. The van der Waals surface area contributed by atoms with E-state index in [9.17, 15) is 10.1 Å². The first kappa shape index (κ1) is 29.7. The first-order valence-corrected chi connectivity index (χ1v) is 16.4. The lowest BCUT2D eigenvalue weighted by molar-refractivity contribution is -0.384. The van der Waals surface area contributed by atoms with Crippen LogP contribution in [0.1, 0.15) is 25.0 Å². The number of nitrogens with zero attached hydrogens (tertiary/aromatic N) is 2. The maximum absolute atomic E-state index is 12.0. The third-order valence-electron chi connectivity index (χ3n) is 9.63. The molecule has 0 bridgehead atoms. The molecule has 0 aliphatic heterocycles. The second-order valence-electron chi connectivity index (χ2n) is 12.7. The molecule has 7 aromatic carbocycles. The Morgan fingerprint density at radius 2 is 1.06 bits per heavy atom. The van der Waals surface area contributed by atoms with Gasteiger partial charge in [-0.15, -0.1) is 0 Å². The van der Waals surface area contributed by atoms with E-state index in [1.807, 2.05) is 36.4 Å². The summed E-state index contributed by atoms with van der Waals surface area (Å²) in [5, 5.41) is 14.3. The molecule has 0 saturated carbocycles. The molecular formula is C43H31ClN2O2. The molecule has 0 saturated heterocycles. The van der Waals surface area contributed by atoms with Crippen molar-refractivity contribution in [2.24, 2.45) is 0 Å². The van der Waals surface area contributed by atoms with Gasteiger partial charge in [0, 0.05) is 33.6 Å². The van der Waals surface area contributed by atoms with Gasteiger partial charge in [-0.25, -0.2) is 0 Å². The van der Waals surface area contributed by atoms with Crippen molar-refractivity contribution in [3.8, 4) is 33.4 Å². The zero-order valence-corrected chi connectivity index (χ0v) is 27.3. The Bertz CT molecular complexity index is 2330. The summed E-state index contributed by atoms with van der Waals surface area (Å²) in [5.74, 6) is 0. The van der Waals surface area contributed by atoms with Crippen molar-refractivity contribution in [1.29, 1.82) is 0 Å². The second-order valence-corrected chi connectivity index (χ2v) is 13.2. The minimum Gasteiger partial charge on any atom is -0.310 e. The van der Waals surface area contributed by atoms with Crippen LogP contribution in [0.3, 0.4) is 0 Å². The van der Waals surface area contributed by atoms with Crippen LogP contribution in [-0.4, -0.2) is 4.92 Å². The van der Waals surface area contributed by atoms with E-state index in [0.29, 0.717) is 10.6 Å². The fraction of sp³-hybridized carbons (Fsp3) is 0.0698. The average molecular weight is 643 g/mol. The van der Waals surface area contributed by atoms with E-state index in [1.165, 1.54) is 28.3 Å². The van der Waals surface area contributed by atoms with Crippen LogP contribution in [0.15, 0.2) is 152 Å². The van der Waals surface area contributed by atoms with Crippen LogP contribution < -0.4 is 4.90 Å². The van der Waals surface area contributed by atoms with E-state index in [-0.39, 0.29) is 16.0 Å². The standard InChI is InChI=1S/C43H31ClN2O2/c1-43(2)40-25-28(33-23-24-36(35-16-10-9-15-34(33)35)39-21-18-29(44)26-42(39)46(47)48)17-20-37(40)38-22-19-32(27-41(38)43)45(30-11-5-3-6-12-30)31-13-7-4-8-14-31/h3-27H,1-2H3. The highest BCUT2D eigenvalue weighted by Gasteiger charge is 2.36. The number of halogens is 1. The maximum atomic E-state index is 12.0. The predicted molar refractivity (Wildman–Crippen MR) is 199 cm³/mol. The lowest BCUT2D eigenvalue weighted by Crippen LogP contribution is -2.16. The molecule has 0 atom stereocenters. The van der Waals surface area contributed by atoms with Crippen molar-refractivity contribution >= 4 is 45.1 Å². The summed E-state index contributed by atoms with van der Waals surface area (Å²) in [7, 11) is 0. The quantitative estimate of drug-likeness (QED) is 0.134. The number of para-hydroxylation sites is 2. The fourth-order valence-electron chi connectivity index (χ4n) is 7.30. The second kappa shape index (κ2) is 11.5. The van der Waals surface area contributed by atoms with Gasteiger partial charge in [0.1, 0.15) is 0 Å². The van der Waals surface area contributed by atoms with Gasteiger partial charge in [-0.2, -0.15) is 0 Å². The summed E-state index contributed by atoms with van der Waals surface area (Å²) in [5.41, 5.74) is 11.7. The number of fused-ring (bicyclic) bond motifs is 4.